The molecule has 0 aromatic carbocycles. The summed E-state index contributed by atoms with van der Waals surface area (Å²) in [4.78, 5) is 21.7. The average molecular weight is 459 g/mol. The zero-order chi connectivity index (χ0) is 23.6. The van der Waals surface area contributed by atoms with Crippen LogP contribution < -0.4 is 10.2 Å². The van der Waals surface area contributed by atoms with Gasteiger partial charge >= 0.3 is 6.18 Å². The molecule has 0 aliphatic carbocycles. The molecule has 13 heteroatoms. The molecule has 3 aromatic heterocycles. The molecule has 1 saturated heterocycles. The van der Waals surface area contributed by atoms with E-state index in [2.05, 4.69) is 31.3 Å². The molecular weight excluding hydrogens is 439 g/mol. The smallest absolute Gasteiger partial charge is 0.350 e. The molecule has 0 atom stereocenters. The van der Waals surface area contributed by atoms with Crippen molar-refractivity contribution < 1.29 is 18.0 Å². The van der Waals surface area contributed by atoms with E-state index in [9.17, 15) is 23.2 Å². The molecule has 10 nitrogen and oxygen atoms in total. The highest BCUT2D eigenvalue weighted by atomic mass is 19.4. The molecule has 0 bridgehead atoms. The molecule has 1 aliphatic rings. The van der Waals surface area contributed by atoms with Crippen molar-refractivity contribution in [2.24, 2.45) is 0 Å². The maximum atomic E-state index is 12.3. The lowest BCUT2D eigenvalue weighted by Crippen LogP contribution is -2.63. The van der Waals surface area contributed by atoms with Crippen LogP contribution in [0.25, 0.3) is 11.1 Å². The van der Waals surface area contributed by atoms with Crippen LogP contribution in [-0.2, 0) is 12.0 Å². The highest BCUT2D eigenvalue weighted by molar-refractivity contribution is 5.92. The van der Waals surface area contributed by atoms with E-state index >= 15 is 0 Å². The van der Waals surface area contributed by atoms with Crippen LogP contribution in [0.1, 0.15) is 29.5 Å². The van der Waals surface area contributed by atoms with E-state index < -0.39 is 24.2 Å². The SMILES string of the molecule is CCc1n[nH]cc1-c1cnn(C2(CC#N)CN(c3cnc(C(=O)NCC(F)(F)F)cn3)C2)c1. The Balaban J connectivity index is 1.45. The summed E-state index contributed by atoms with van der Waals surface area (Å²) in [5.41, 5.74) is 2.00. The first-order valence-electron chi connectivity index (χ1n) is 10.1. The fourth-order valence-corrected chi connectivity index (χ4v) is 3.74. The van der Waals surface area contributed by atoms with Gasteiger partial charge in [0.15, 0.2) is 0 Å². The third-order valence-corrected chi connectivity index (χ3v) is 5.46. The molecule has 0 spiro atoms. The molecule has 2 N–H and O–H groups in total. The van der Waals surface area contributed by atoms with Crippen molar-refractivity contribution in [2.45, 2.75) is 31.5 Å². The second-order valence-electron chi connectivity index (χ2n) is 7.75. The maximum absolute atomic E-state index is 12.3. The number of aromatic nitrogens is 6. The summed E-state index contributed by atoms with van der Waals surface area (Å²) in [7, 11) is 0. The molecule has 0 radical (unpaired) electrons. The number of aryl methyl sites for hydroxylation is 1. The lowest BCUT2D eigenvalue weighted by Gasteiger charge is -2.49. The predicted molar refractivity (Wildman–Crippen MR) is 110 cm³/mol. The summed E-state index contributed by atoms with van der Waals surface area (Å²) in [5.74, 6) is -0.505. The van der Waals surface area contributed by atoms with E-state index in [0.717, 1.165) is 29.4 Å². The first kappa shape index (κ1) is 22.3. The molecular formula is C20H20F3N9O. The number of amides is 1. The fraction of sp³-hybridized carbons (Fsp3) is 0.400. The van der Waals surface area contributed by atoms with Gasteiger partial charge in [-0.25, -0.2) is 9.97 Å². The summed E-state index contributed by atoms with van der Waals surface area (Å²) < 4.78 is 38.6. The Hall–Kier alpha value is -3.95. The number of H-pyrrole nitrogens is 1. The fourth-order valence-electron chi connectivity index (χ4n) is 3.74. The molecule has 0 unspecified atom stereocenters. The highest BCUT2D eigenvalue weighted by Gasteiger charge is 2.46. The predicted octanol–water partition coefficient (Wildman–Crippen LogP) is 2.05. The third-order valence-electron chi connectivity index (χ3n) is 5.46. The molecule has 172 valence electrons. The van der Waals surface area contributed by atoms with Gasteiger partial charge in [-0.05, 0) is 6.42 Å². The lowest BCUT2D eigenvalue weighted by molar-refractivity contribution is -0.123. The topological polar surface area (TPSA) is 128 Å². The van der Waals surface area contributed by atoms with E-state index in [-0.39, 0.29) is 12.1 Å². The number of nitriles is 1. The Morgan fingerprint density at radius 2 is 2.09 bits per heavy atom. The van der Waals surface area contributed by atoms with Crippen LogP contribution in [0.4, 0.5) is 19.0 Å². The molecule has 4 heterocycles. The second-order valence-corrected chi connectivity index (χ2v) is 7.75. The minimum absolute atomic E-state index is 0.213. The van der Waals surface area contributed by atoms with Crippen molar-refractivity contribution in [3.05, 3.63) is 42.4 Å². The van der Waals surface area contributed by atoms with E-state index in [0.29, 0.717) is 18.9 Å². The monoisotopic (exact) mass is 459 g/mol. The Bertz CT molecular complexity index is 1170. The molecule has 1 aliphatic heterocycles. The van der Waals surface area contributed by atoms with E-state index in [1.54, 1.807) is 16.2 Å². The van der Waals surface area contributed by atoms with Crippen LogP contribution in [0, 0.1) is 11.3 Å². The zero-order valence-corrected chi connectivity index (χ0v) is 17.6. The number of hydrogen-bond donors (Lipinski definition) is 2. The van der Waals surface area contributed by atoms with Crippen molar-refractivity contribution in [1.29, 1.82) is 5.26 Å². The molecule has 3 aromatic rings. The van der Waals surface area contributed by atoms with Gasteiger partial charge in [-0.2, -0.15) is 28.6 Å². The van der Waals surface area contributed by atoms with Gasteiger partial charge in [0.1, 0.15) is 23.6 Å². The number of anilines is 1. The summed E-state index contributed by atoms with van der Waals surface area (Å²) in [6.07, 6.45) is 4.37. The standard InChI is InChI=1S/C20H20F3N9O/c1-2-15-14(6-28-30-15)13-5-29-32(9-13)19(3-4-24)11-31(12-19)17-8-25-16(7-26-17)18(33)27-10-20(21,22)23/h5-9H,2-3,10-12H2,1H3,(H,27,33)(H,28,30). The number of alkyl halides is 3. The number of aromatic amines is 1. The molecule has 1 amide bonds. The number of nitrogens with one attached hydrogen (secondary N) is 2. The van der Waals surface area contributed by atoms with Crippen LogP contribution in [0.15, 0.2) is 31.0 Å². The van der Waals surface area contributed by atoms with E-state index in [1.807, 2.05) is 24.2 Å². The van der Waals surface area contributed by atoms with Gasteiger partial charge in [0.2, 0.25) is 0 Å². The van der Waals surface area contributed by atoms with E-state index in [4.69, 9.17) is 0 Å². The highest BCUT2D eigenvalue weighted by Crippen LogP contribution is 2.36. The van der Waals surface area contributed by atoms with Crippen molar-refractivity contribution in [3.63, 3.8) is 0 Å². The number of rotatable bonds is 7. The molecule has 33 heavy (non-hydrogen) atoms. The normalized spacial score (nSPS) is 15.1. The summed E-state index contributed by atoms with van der Waals surface area (Å²) >= 11 is 0. The van der Waals surface area contributed by atoms with Gasteiger partial charge in [0, 0.05) is 36.6 Å². The second kappa shape index (κ2) is 8.53. The number of halogens is 3. The van der Waals surface area contributed by atoms with Crippen molar-refractivity contribution in [3.8, 4) is 17.2 Å². The van der Waals surface area contributed by atoms with Crippen LogP contribution in [0.5, 0.6) is 0 Å². The maximum Gasteiger partial charge on any atom is 0.405 e. The Morgan fingerprint density at radius 3 is 2.73 bits per heavy atom. The van der Waals surface area contributed by atoms with Gasteiger partial charge in [0.05, 0.1) is 36.8 Å². The van der Waals surface area contributed by atoms with Crippen LogP contribution in [0.2, 0.25) is 0 Å². The van der Waals surface area contributed by atoms with Crippen LogP contribution in [-0.4, -0.2) is 61.7 Å². The largest absolute Gasteiger partial charge is 0.405 e. The number of carbonyl (C=O) groups is 1. The van der Waals surface area contributed by atoms with Gasteiger partial charge in [-0.3, -0.25) is 14.6 Å². The molecule has 4 rings (SSSR count). The van der Waals surface area contributed by atoms with Crippen LogP contribution >= 0.6 is 0 Å². The van der Waals surface area contributed by atoms with Crippen molar-refractivity contribution in [1.82, 2.24) is 35.3 Å². The van der Waals surface area contributed by atoms with Crippen LogP contribution in [0.3, 0.4) is 0 Å². The molecule has 0 saturated carbocycles. The lowest BCUT2D eigenvalue weighted by atomic mass is 9.87. The number of carbonyl (C=O) groups excluding carboxylic acids is 1. The minimum Gasteiger partial charge on any atom is -0.350 e. The van der Waals surface area contributed by atoms with Gasteiger partial charge in [-0.1, -0.05) is 6.92 Å². The number of nitrogens with zero attached hydrogens (tertiary/aromatic N) is 7. The van der Waals surface area contributed by atoms with E-state index in [1.165, 1.54) is 6.20 Å². The number of hydrogen-bond acceptors (Lipinski definition) is 7. The minimum atomic E-state index is -4.51. The average Bonchev–Trinajstić information content (AvgIpc) is 3.43. The summed E-state index contributed by atoms with van der Waals surface area (Å²) in [6, 6.07) is 2.21. The van der Waals surface area contributed by atoms with Crippen molar-refractivity contribution >= 4 is 11.7 Å². The van der Waals surface area contributed by atoms with Gasteiger partial charge in [0.25, 0.3) is 5.91 Å². The molecule has 1 fully saturated rings. The van der Waals surface area contributed by atoms with Gasteiger partial charge in [-0.15, -0.1) is 0 Å². The van der Waals surface area contributed by atoms with Crippen molar-refractivity contribution in [2.75, 3.05) is 24.5 Å². The Labute approximate surface area is 186 Å². The summed E-state index contributed by atoms with van der Waals surface area (Å²) in [6.45, 7) is 1.43. The van der Waals surface area contributed by atoms with Gasteiger partial charge < -0.3 is 10.2 Å². The third kappa shape index (κ3) is 4.50. The Kier molecular flexibility index (Phi) is 5.75. The first-order valence-corrected chi connectivity index (χ1v) is 10.1. The Morgan fingerprint density at radius 1 is 1.30 bits per heavy atom. The first-order chi connectivity index (χ1) is 15.7. The quantitative estimate of drug-likeness (QED) is 0.553. The zero-order valence-electron chi connectivity index (χ0n) is 17.6. The summed E-state index contributed by atoms with van der Waals surface area (Å²) in [5, 5.41) is 22.7.